The average molecular weight is 347 g/mol. The Hall–Kier alpha value is -1.48. The van der Waals surface area contributed by atoms with Crippen LogP contribution in [-0.2, 0) is 0 Å². The predicted octanol–water partition coefficient (Wildman–Crippen LogP) is 5.09. The first-order chi connectivity index (χ1) is 10.1. The fourth-order valence-electron chi connectivity index (χ4n) is 2.66. The Labute approximate surface area is 134 Å². The summed E-state index contributed by atoms with van der Waals surface area (Å²) in [7, 11) is 0. The zero-order valence-electron chi connectivity index (χ0n) is 12.3. The van der Waals surface area contributed by atoms with Crippen LogP contribution in [0.4, 0.5) is 0 Å². The third-order valence-corrected chi connectivity index (χ3v) is 4.83. The topological polar surface area (TPSA) is 18.5 Å². The molecule has 1 heterocycles. The highest BCUT2D eigenvalue weighted by molar-refractivity contribution is 9.09. The molecule has 1 aliphatic rings. The molecular weight excluding hydrogens is 328 g/mol. The van der Waals surface area contributed by atoms with E-state index in [0.29, 0.717) is 5.92 Å². The van der Waals surface area contributed by atoms with E-state index in [9.17, 15) is 0 Å². The maximum Gasteiger partial charge on any atom is 0.122 e. The van der Waals surface area contributed by atoms with E-state index in [1.54, 1.807) is 0 Å². The monoisotopic (exact) mass is 346 g/mol. The Balaban J connectivity index is 1.78. The Morgan fingerprint density at radius 3 is 2.52 bits per heavy atom. The number of para-hydroxylation sites is 1. The van der Waals surface area contributed by atoms with Crippen molar-refractivity contribution in [2.45, 2.75) is 30.7 Å². The lowest BCUT2D eigenvalue weighted by atomic mass is 9.93. The van der Waals surface area contributed by atoms with E-state index in [-0.39, 0.29) is 10.9 Å². The molecule has 0 saturated heterocycles. The van der Waals surface area contributed by atoms with Gasteiger partial charge in [0.2, 0.25) is 0 Å². The van der Waals surface area contributed by atoms with E-state index in [0.717, 1.165) is 18.1 Å². The smallest absolute Gasteiger partial charge is 0.122 e. The van der Waals surface area contributed by atoms with Gasteiger partial charge in [-0.05, 0) is 37.6 Å². The molecule has 0 fully saturated rings. The van der Waals surface area contributed by atoms with Crippen LogP contribution in [0.15, 0.2) is 48.5 Å². The van der Waals surface area contributed by atoms with Crippen LogP contribution in [0.1, 0.15) is 35.7 Å². The molecule has 0 amide bonds. The number of fused-ring (bicyclic) bond motifs is 1. The van der Waals surface area contributed by atoms with Crippen molar-refractivity contribution >= 4 is 15.9 Å². The first-order valence-electron chi connectivity index (χ1n) is 7.27. The molecule has 2 unspecified atom stereocenters. The lowest BCUT2D eigenvalue weighted by Crippen LogP contribution is -2.08. The Kier molecular flexibility index (Phi) is 4.20. The number of halogens is 1. The Bertz CT molecular complexity index is 607. The van der Waals surface area contributed by atoms with E-state index in [1.165, 1.54) is 11.1 Å². The molecule has 0 N–H and O–H groups in total. The van der Waals surface area contributed by atoms with Crippen LogP contribution in [0.5, 0.6) is 11.5 Å². The van der Waals surface area contributed by atoms with Gasteiger partial charge in [-0.1, -0.05) is 46.3 Å². The lowest BCUT2D eigenvalue weighted by Gasteiger charge is -2.18. The summed E-state index contributed by atoms with van der Waals surface area (Å²) in [5.74, 6) is 2.27. The van der Waals surface area contributed by atoms with Gasteiger partial charge in [0, 0.05) is 16.3 Å². The molecule has 3 heteroatoms. The standard InChI is InChI=1S/C18H19BrO2/c1-12(2)21-14-9-7-13(8-10-14)18(19)16-11-20-17-6-4-3-5-15(16)17/h3-10,12,16,18H,11H2,1-2H3. The van der Waals surface area contributed by atoms with Crippen molar-refractivity contribution in [1.29, 1.82) is 0 Å². The summed E-state index contributed by atoms with van der Waals surface area (Å²) in [6.07, 6.45) is 0.200. The summed E-state index contributed by atoms with van der Waals surface area (Å²) in [5.41, 5.74) is 2.53. The molecule has 2 aromatic carbocycles. The maximum atomic E-state index is 5.78. The van der Waals surface area contributed by atoms with Gasteiger partial charge < -0.3 is 9.47 Å². The fraction of sp³-hybridized carbons (Fsp3) is 0.333. The minimum absolute atomic E-state index is 0.200. The third kappa shape index (κ3) is 3.08. The number of hydrogen-bond acceptors (Lipinski definition) is 2. The molecule has 0 radical (unpaired) electrons. The molecule has 0 aliphatic carbocycles. The maximum absolute atomic E-state index is 5.78. The van der Waals surface area contributed by atoms with Gasteiger partial charge in [-0.2, -0.15) is 0 Å². The van der Waals surface area contributed by atoms with Gasteiger partial charge in [0.15, 0.2) is 0 Å². The molecule has 0 saturated carbocycles. The zero-order valence-corrected chi connectivity index (χ0v) is 13.8. The van der Waals surface area contributed by atoms with Gasteiger partial charge in [0.05, 0.1) is 12.7 Å². The zero-order chi connectivity index (χ0) is 14.8. The molecule has 1 aliphatic heterocycles. The van der Waals surface area contributed by atoms with Crippen LogP contribution in [0.25, 0.3) is 0 Å². The van der Waals surface area contributed by atoms with E-state index in [4.69, 9.17) is 9.47 Å². The molecule has 0 spiro atoms. The SMILES string of the molecule is CC(C)Oc1ccc(C(Br)C2COc3ccccc32)cc1. The van der Waals surface area contributed by atoms with Crippen LogP contribution in [0, 0.1) is 0 Å². The largest absolute Gasteiger partial charge is 0.493 e. The third-order valence-electron chi connectivity index (χ3n) is 3.66. The quantitative estimate of drug-likeness (QED) is 0.718. The summed E-state index contributed by atoms with van der Waals surface area (Å²) in [6.45, 7) is 4.79. The molecule has 21 heavy (non-hydrogen) atoms. The van der Waals surface area contributed by atoms with Gasteiger partial charge in [-0.3, -0.25) is 0 Å². The Morgan fingerprint density at radius 2 is 1.81 bits per heavy atom. The van der Waals surface area contributed by atoms with Crippen molar-refractivity contribution in [1.82, 2.24) is 0 Å². The second kappa shape index (κ2) is 6.10. The first-order valence-corrected chi connectivity index (χ1v) is 8.19. The Morgan fingerprint density at radius 1 is 1.10 bits per heavy atom. The minimum Gasteiger partial charge on any atom is -0.493 e. The van der Waals surface area contributed by atoms with E-state index < -0.39 is 0 Å². The average Bonchev–Trinajstić information content (AvgIpc) is 2.90. The van der Waals surface area contributed by atoms with E-state index >= 15 is 0 Å². The van der Waals surface area contributed by atoms with Gasteiger partial charge >= 0.3 is 0 Å². The second-order valence-corrected chi connectivity index (χ2v) is 6.58. The lowest BCUT2D eigenvalue weighted by molar-refractivity contribution is 0.242. The van der Waals surface area contributed by atoms with Gasteiger partial charge in [-0.15, -0.1) is 0 Å². The fourth-order valence-corrected chi connectivity index (χ4v) is 3.41. The van der Waals surface area contributed by atoms with E-state index in [1.807, 2.05) is 38.1 Å². The van der Waals surface area contributed by atoms with Crippen molar-refractivity contribution in [3.63, 3.8) is 0 Å². The van der Waals surface area contributed by atoms with Crippen LogP contribution >= 0.6 is 15.9 Å². The highest BCUT2D eigenvalue weighted by atomic mass is 79.9. The van der Waals surface area contributed by atoms with Crippen LogP contribution < -0.4 is 9.47 Å². The van der Waals surface area contributed by atoms with Crippen molar-refractivity contribution in [2.75, 3.05) is 6.61 Å². The molecule has 0 bridgehead atoms. The minimum atomic E-state index is 0.200. The van der Waals surface area contributed by atoms with Crippen molar-refractivity contribution in [3.05, 3.63) is 59.7 Å². The molecule has 2 atom stereocenters. The summed E-state index contributed by atoms with van der Waals surface area (Å²) < 4.78 is 11.5. The summed E-state index contributed by atoms with van der Waals surface area (Å²) in [4.78, 5) is 0.245. The van der Waals surface area contributed by atoms with Crippen molar-refractivity contribution < 1.29 is 9.47 Å². The second-order valence-electron chi connectivity index (χ2n) is 5.59. The molecule has 0 aromatic heterocycles. The summed E-state index contributed by atoms with van der Waals surface area (Å²) in [5, 5.41) is 0. The van der Waals surface area contributed by atoms with Gasteiger partial charge in [-0.25, -0.2) is 0 Å². The van der Waals surface area contributed by atoms with Crippen molar-refractivity contribution in [3.8, 4) is 11.5 Å². The summed E-state index contributed by atoms with van der Waals surface area (Å²) >= 11 is 3.84. The highest BCUT2D eigenvalue weighted by Crippen LogP contribution is 2.45. The normalized spacial score (nSPS) is 18.2. The van der Waals surface area contributed by atoms with E-state index in [2.05, 4.69) is 40.2 Å². The molecule has 110 valence electrons. The number of alkyl halides is 1. The highest BCUT2D eigenvalue weighted by Gasteiger charge is 2.30. The van der Waals surface area contributed by atoms with Crippen LogP contribution in [-0.4, -0.2) is 12.7 Å². The van der Waals surface area contributed by atoms with Crippen LogP contribution in [0.3, 0.4) is 0 Å². The molecular formula is C18H19BrO2. The molecule has 3 rings (SSSR count). The summed E-state index contributed by atoms with van der Waals surface area (Å²) in [6, 6.07) is 16.6. The van der Waals surface area contributed by atoms with Gasteiger partial charge in [0.1, 0.15) is 11.5 Å². The van der Waals surface area contributed by atoms with Crippen molar-refractivity contribution in [2.24, 2.45) is 0 Å². The number of hydrogen-bond donors (Lipinski definition) is 0. The van der Waals surface area contributed by atoms with Gasteiger partial charge in [0.25, 0.3) is 0 Å². The molecule has 2 aromatic rings. The molecule has 2 nitrogen and oxygen atoms in total. The first kappa shape index (κ1) is 14.5. The predicted molar refractivity (Wildman–Crippen MR) is 88.6 cm³/mol. The number of ether oxygens (including phenoxy) is 2. The number of rotatable bonds is 4. The number of benzene rings is 2. The van der Waals surface area contributed by atoms with Crippen LogP contribution in [0.2, 0.25) is 0 Å².